The Morgan fingerprint density at radius 1 is 1.15 bits per heavy atom. The fourth-order valence-corrected chi connectivity index (χ4v) is 2.98. The number of anilines is 1. The van der Waals surface area contributed by atoms with Gasteiger partial charge in [-0.2, -0.15) is 9.61 Å². The number of aryl methyl sites for hydroxylation is 1. The van der Waals surface area contributed by atoms with Crippen molar-refractivity contribution in [2.24, 2.45) is 0 Å². The molecule has 4 nitrogen and oxygen atoms in total. The van der Waals surface area contributed by atoms with Crippen LogP contribution in [0.3, 0.4) is 0 Å². The van der Waals surface area contributed by atoms with Crippen molar-refractivity contribution < 1.29 is 4.39 Å². The molecule has 0 saturated carbocycles. The highest BCUT2D eigenvalue weighted by Crippen LogP contribution is 2.32. The van der Waals surface area contributed by atoms with E-state index in [4.69, 9.17) is 10.1 Å². The van der Waals surface area contributed by atoms with Crippen LogP contribution < -0.4 is 5.32 Å². The van der Waals surface area contributed by atoms with Crippen molar-refractivity contribution in [3.63, 3.8) is 0 Å². The minimum atomic E-state index is -0.242. The van der Waals surface area contributed by atoms with Gasteiger partial charge in [-0.15, -0.1) is 0 Å². The number of hydrogen-bond acceptors (Lipinski definition) is 3. The zero-order chi connectivity index (χ0) is 18.9. The molecule has 0 radical (unpaired) electrons. The molecule has 26 heavy (non-hydrogen) atoms. The van der Waals surface area contributed by atoms with E-state index < -0.39 is 0 Å². The normalized spacial score (nSPS) is 11.9. The van der Waals surface area contributed by atoms with Crippen LogP contribution in [0, 0.1) is 12.7 Å². The van der Waals surface area contributed by atoms with Crippen LogP contribution in [0.15, 0.2) is 30.3 Å². The number of unbranched alkanes of at least 4 members (excludes halogenated alkanes) is 1. The van der Waals surface area contributed by atoms with Crippen LogP contribution in [0.25, 0.3) is 16.8 Å². The topological polar surface area (TPSA) is 42.2 Å². The number of rotatable bonds is 5. The number of halogens is 1. The SMILES string of the molecule is CCCCNc1cc(C(C)(C)C)nc2c(-c3ccc(F)cc3)c(C)nn12. The van der Waals surface area contributed by atoms with Crippen molar-refractivity contribution in [2.45, 2.75) is 52.9 Å². The third-order valence-electron chi connectivity index (χ3n) is 4.50. The summed E-state index contributed by atoms with van der Waals surface area (Å²) < 4.78 is 15.2. The summed E-state index contributed by atoms with van der Waals surface area (Å²) in [5, 5.41) is 8.21. The molecule has 0 spiro atoms. The summed E-state index contributed by atoms with van der Waals surface area (Å²) in [4.78, 5) is 4.92. The first-order valence-electron chi connectivity index (χ1n) is 9.22. The molecule has 0 fully saturated rings. The number of hydrogen-bond donors (Lipinski definition) is 1. The minimum Gasteiger partial charge on any atom is -0.370 e. The Morgan fingerprint density at radius 3 is 2.46 bits per heavy atom. The molecule has 0 bridgehead atoms. The molecular formula is C21H27FN4. The minimum absolute atomic E-state index is 0.0822. The van der Waals surface area contributed by atoms with Crippen LogP contribution in [0.1, 0.15) is 51.9 Å². The lowest BCUT2D eigenvalue weighted by Crippen LogP contribution is -2.17. The van der Waals surface area contributed by atoms with Gasteiger partial charge in [-0.3, -0.25) is 0 Å². The summed E-state index contributed by atoms with van der Waals surface area (Å²) in [5.41, 5.74) is 4.49. The molecule has 0 aliphatic rings. The predicted octanol–water partition coefficient (Wildman–Crippen LogP) is 5.35. The lowest BCUT2D eigenvalue weighted by molar-refractivity contribution is 0.568. The summed E-state index contributed by atoms with van der Waals surface area (Å²) in [6.45, 7) is 11.5. The van der Waals surface area contributed by atoms with Gasteiger partial charge in [0.05, 0.1) is 11.4 Å². The number of aromatic nitrogens is 3. The highest BCUT2D eigenvalue weighted by Gasteiger charge is 2.22. The molecule has 0 atom stereocenters. The maximum absolute atomic E-state index is 13.4. The summed E-state index contributed by atoms with van der Waals surface area (Å²) >= 11 is 0. The molecule has 138 valence electrons. The lowest BCUT2D eigenvalue weighted by Gasteiger charge is -2.20. The average molecular weight is 354 g/mol. The van der Waals surface area contributed by atoms with Gasteiger partial charge in [0.2, 0.25) is 0 Å². The van der Waals surface area contributed by atoms with Crippen LogP contribution in [0.5, 0.6) is 0 Å². The third-order valence-corrected chi connectivity index (χ3v) is 4.50. The zero-order valence-corrected chi connectivity index (χ0v) is 16.2. The van der Waals surface area contributed by atoms with Crippen molar-refractivity contribution >= 4 is 11.5 Å². The molecule has 2 heterocycles. The highest BCUT2D eigenvalue weighted by molar-refractivity contribution is 5.81. The molecule has 0 unspecified atom stereocenters. The number of fused-ring (bicyclic) bond motifs is 1. The Hall–Kier alpha value is -2.43. The van der Waals surface area contributed by atoms with Gasteiger partial charge in [0.1, 0.15) is 11.6 Å². The van der Waals surface area contributed by atoms with Crippen molar-refractivity contribution in [2.75, 3.05) is 11.9 Å². The molecular weight excluding hydrogens is 327 g/mol. The quantitative estimate of drug-likeness (QED) is 0.628. The summed E-state index contributed by atoms with van der Waals surface area (Å²) in [6.07, 6.45) is 2.23. The Bertz CT molecular complexity index is 904. The van der Waals surface area contributed by atoms with Crippen LogP contribution in [0.2, 0.25) is 0 Å². The molecule has 2 aromatic heterocycles. The number of benzene rings is 1. The average Bonchev–Trinajstić information content (AvgIpc) is 2.91. The molecule has 0 saturated heterocycles. The maximum atomic E-state index is 13.4. The smallest absolute Gasteiger partial charge is 0.165 e. The standard InChI is InChI=1S/C21H27FN4/c1-6-7-12-23-18-13-17(21(3,4)5)24-20-19(14(2)25-26(18)20)15-8-10-16(22)11-9-15/h8-11,13,23H,6-7,12H2,1-5H3. The van der Waals surface area contributed by atoms with E-state index in [1.165, 1.54) is 12.1 Å². The van der Waals surface area contributed by atoms with Crippen LogP contribution in [-0.4, -0.2) is 21.1 Å². The molecule has 0 aliphatic heterocycles. The molecule has 3 aromatic rings. The van der Waals surface area contributed by atoms with Gasteiger partial charge in [-0.1, -0.05) is 46.2 Å². The summed E-state index contributed by atoms with van der Waals surface area (Å²) in [5.74, 6) is 0.706. The second-order valence-electron chi connectivity index (χ2n) is 7.76. The van der Waals surface area contributed by atoms with Gasteiger partial charge in [-0.25, -0.2) is 9.37 Å². The van der Waals surface area contributed by atoms with E-state index in [1.54, 1.807) is 12.1 Å². The first-order valence-corrected chi connectivity index (χ1v) is 9.22. The fourth-order valence-electron chi connectivity index (χ4n) is 2.98. The monoisotopic (exact) mass is 354 g/mol. The van der Waals surface area contributed by atoms with E-state index in [-0.39, 0.29) is 11.2 Å². The lowest BCUT2D eigenvalue weighted by atomic mass is 9.92. The predicted molar refractivity (Wildman–Crippen MR) is 105 cm³/mol. The van der Waals surface area contributed by atoms with E-state index in [1.807, 2.05) is 11.4 Å². The van der Waals surface area contributed by atoms with Crippen LogP contribution in [-0.2, 0) is 5.41 Å². The first-order chi connectivity index (χ1) is 12.3. The van der Waals surface area contributed by atoms with Crippen molar-refractivity contribution in [1.29, 1.82) is 0 Å². The highest BCUT2D eigenvalue weighted by atomic mass is 19.1. The summed E-state index contributed by atoms with van der Waals surface area (Å²) in [6, 6.07) is 8.62. The number of nitrogens with one attached hydrogen (secondary N) is 1. The second-order valence-corrected chi connectivity index (χ2v) is 7.76. The van der Waals surface area contributed by atoms with E-state index in [2.05, 4.69) is 39.1 Å². The largest absolute Gasteiger partial charge is 0.370 e. The Kier molecular flexibility index (Phi) is 4.99. The molecule has 5 heteroatoms. The van der Waals surface area contributed by atoms with Gasteiger partial charge in [-0.05, 0) is 31.0 Å². The van der Waals surface area contributed by atoms with Crippen molar-refractivity contribution in [3.05, 3.63) is 47.5 Å². The van der Waals surface area contributed by atoms with Crippen LogP contribution in [0.4, 0.5) is 10.2 Å². The van der Waals surface area contributed by atoms with Crippen molar-refractivity contribution in [1.82, 2.24) is 14.6 Å². The maximum Gasteiger partial charge on any atom is 0.165 e. The molecule has 1 aromatic carbocycles. The van der Waals surface area contributed by atoms with Crippen molar-refractivity contribution in [3.8, 4) is 11.1 Å². The Labute approximate surface area is 154 Å². The molecule has 3 rings (SSSR count). The number of nitrogens with zero attached hydrogens (tertiary/aromatic N) is 3. The van der Waals surface area contributed by atoms with E-state index in [0.29, 0.717) is 0 Å². The van der Waals surface area contributed by atoms with Gasteiger partial charge >= 0.3 is 0 Å². The van der Waals surface area contributed by atoms with Gasteiger partial charge in [0.25, 0.3) is 0 Å². The molecule has 0 aliphatic carbocycles. The summed E-state index contributed by atoms with van der Waals surface area (Å²) in [7, 11) is 0. The Morgan fingerprint density at radius 2 is 1.85 bits per heavy atom. The van der Waals surface area contributed by atoms with E-state index in [0.717, 1.165) is 53.4 Å². The zero-order valence-electron chi connectivity index (χ0n) is 16.2. The fraction of sp³-hybridized carbons (Fsp3) is 0.429. The van der Waals surface area contributed by atoms with Gasteiger partial charge < -0.3 is 5.32 Å². The van der Waals surface area contributed by atoms with E-state index in [9.17, 15) is 4.39 Å². The third kappa shape index (κ3) is 3.57. The molecule has 0 amide bonds. The van der Waals surface area contributed by atoms with E-state index >= 15 is 0 Å². The van der Waals surface area contributed by atoms with Crippen LogP contribution >= 0.6 is 0 Å². The molecule has 1 N–H and O–H groups in total. The first kappa shape index (κ1) is 18.4. The van der Waals surface area contributed by atoms with Gasteiger partial charge in [0, 0.05) is 23.6 Å². The van der Waals surface area contributed by atoms with Gasteiger partial charge in [0.15, 0.2) is 5.65 Å². The second kappa shape index (κ2) is 7.06. The Balaban J connectivity index is 2.21.